The number of imide groups is 1. The summed E-state index contributed by atoms with van der Waals surface area (Å²) in [5, 5.41) is 24.5. The maximum atomic E-state index is 15.8. The molecule has 4 amide bonds. The lowest BCUT2D eigenvalue weighted by molar-refractivity contribution is -0.134. The molecule has 17 nitrogen and oxygen atoms in total. The number of aryl methyl sites for hydroxylation is 1. The smallest absolute Gasteiger partial charge is 0.355 e. The average molecular weight is 994 g/mol. The molecule has 4 N–H and O–H groups in total. The molecule has 7 aromatic rings. The maximum absolute atomic E-state index is 15.8. The van der Waals surface area contributed by atoms with Crippen molar-refractivity contribution in [2.75, 3.05) is 55.4 Å². The number of carbonyl (C=O) groups is 5. The number of carbonyl (C=O) groups excluding carboxylic acids is 4. The minimum atomic E-state index is -1.29. The van der Waals surface area contributed by atoms with Crippen LogP contribution in [0.5, 0.6) is 11.5 Å². The number of methoxy groups -OCH3 is 1. The number of carboxylic acid groups (broad SMARTS) is 1. The molecule has 3 aliphatic heterocycles. The van der Waals surface area contributed by atoms with E-state index in [9.17, 15) is 29.1 Å². The Morgan fingerprint density at radius 1 is 0.917 bits per heavy atom. The van der Waals surface area contributed by atoms with Crippen LogP contribution >= 0.6 is 11.3 Å². The van der Waals surface area contributed by atoms with Crippen molar-refractivity contribution in [3.8, 4) is 22.6 Å². The Morgan fingerprint density at radius 3 is 2.51 bits per heavy atom. The predicted octanol–water partition coefficient (Wildman–Crippen LogP) is 7.94. The van der Waals surface area contributed by atoms with E-state index in [4.69, 9.17) is 9.47 Å². The van der Waals surface area contributed by atoms with E-state index >= 15 is 4.39 Å². The van der Waals surface area contributed by atoms with Crippen molar-refractivity contribution in [2.45, 2.75) is 57.4 Å². The number of rotatable bonds is 15. The molecule has 0 spiro atoms. The Labute approximate surface area is 417 Å². The van der Waals surface area contributed by atoms with Gasteiger partial charge in [-0.1, -0.05) is 35.6 Å². The number of para-hydroxylation sites is 1. The predicted molar refractivity (Wildman–Crippen MR) is 270 cm³/mol. The number of anilines is 3. The van der Waals surface area contributed by atoms with Crippen LogP contribution in [0.1, 0.15) is 82.1 Å². The molecule has 19 heteroatoms. The van der Waals surface area contributed by atoms with E-state index in [1.54, 1.807) is 42.1 Å². The van der Waals surface area contributed by atoms with Gasteiger partial charge in [0.2, 0.25) is 17.7 Å². The number of nitrogens with one attached hydrogen (secondary N) is 3. The summed E-state index contributed by atoms with van der Waals surface area (Å²) in [6.45, 7) is 2.97. The Bertz CT molecular complexity index is 3240. The number of aromatic carboxylic acids is 1. The summed E-state index contributed by atoms with van der Waals surface area (Å²) in [4.78, 5) is 77.0. The number of fused-ring (bicyclic) bond motifs is 3. The van der Waals surface area contributed by atoms with Crippen LogP contribution in [0.4, 0.5) is 21.0 Å². The first kappa shape index (κ1) is 47.9. The zero-order valence-electron chi connectivity index (χ0n) is 39.7. The van der Waals surface area contributed by atoms with Gasteiger partial charge in [0.15, 0.2) is 16.6 Å². The first-order valence-corrected chi connectivity index (χ1v) is 24.8. The molecule has 2 fully saturated rings. The van der Waals surface area contributed by atoms with Crippen LogP contribution in [0.15, 0.2) is 84.9 Å². The zero-order valence-corrected chi connectivity index (χ0v) is 40.5. The van der Waals surface area contributed by atoms with Crippen LogP contribution in [0.3, 0.4) is 0 Å². The quantitative estimate of drug-likeness (QED) is 0.0569. The van der Waals surface area contributed by atoms with Crippen molar-refractivity contribution < 1.29 is 42.9 Å². The average Bonchev–Trinajstić information content (AvgIpc) is 3.94. The monoisotopic (exact) mass is 993 g/mol. The summed E-state index contributed by atoms with van der Waals surface area (Å²) in [7, 11) is 3.27. The molecular weight excluding hydrogens is 942 g/mol. The number of piperidine rings is 2. The number of ether oxygens (including phenoxy) is 2. The van der Waals surface area contributed by atoms with Gasteiger partial charge in [-0.05, 0) is 123 Å². The summed E-state index contributed by atoms with van der Waals surface area (Å²) < 4.78 is 30.1. The molecule has 6 heterocycles. The molecule has 1 unspecified atom stereocenters. The topological polar surface area (TPSA) is 210 Å². The molecule has 0 aliphatic carbocycles. The fourth-order valence-electron chi connectivity index (χ4n) is 10.2. The van der Waals surface area contributed by atoms with Crippen molar-refractivity contribution in [1.29, 1.82) is 0 Å². The standard InChI is InChI=1S/C53H52FN9O8S/c1-61-48-36(46(60-61)37-16-19-44(64)58-51(37)67)14-17-41(49(48)70-2)55-45(65)29-62-23-20-30(21-24-62)7-6-26-71-32-12-13-33(39(54)27-32)34-15-18-43(57-47(34)52(68)69)63-25-22-31-8-5-9-35(38(31)28-63)50(66)59-53-56-40-10-3-4-11-42(40)72-53/h3-5,8-15,17-18,27,30,37H,6-7,16,19-26,28-29H2,1-2H3,(H,55,65)(H,68,69)(H,56,59,66)(H,58,64,67). The second-order valence-electron chi connectivity index (χ2n) is 18.4. The van der Waals surface area contributed by atoms with Gasteiger partial charge in [-0.15, -0.1) is 0 Å². The van der Waals surface area contributed by atoms with E-state index in [0.717, 1.165) is 65.5 Å². The SMILES string of the molecule is COc1c(NC(=O)CN2CCC(CCCOc3ccc(-c4ccc(N5CCc6cccc(C(=O)Nc7nc8ccccc8s7)c6C5)nc4C(=O)O)c(F)c3)CC2)ccc2c(C3CCC(=O)NC3=O)nn(C)c12. The number of thiazole rings is 1. The number of carboxylic acids is 1. The lowest BCUT2D eigenvalue weighted by atomic mass is 9.92. The Kier molecular flexibility index (Phi) is 13.6. The van der Waals surface area contributed by atoms with E-state index in [1.165, 1.54) is 30.6 Å². The fourth-order valence-corrected chi connectivity index (χ4v) is 11.0. The Balaban J connectivity index is 0.700. The van der Waals surface area contributed by atoms with Crippen LogP contribution in [0, 0.1) is 11.7 Å². The van der Waals surface area contributed by atoms with Gasteiger partial charge in [0, 0.05) is 54.7 Å². The lowest BCUT2D eigenvalue weighted by Gasteiger charge is -2.31. The Morgan fingerprint density at radius 2 is 1.74 bits per heavy atom. The van der Waals surface area contributed by atoms with Crippen molar-refractivity contribution in [3.05, 3.63) is 119 Å². The van der Waals surface area contributed by atoms with Crippen LogP contribution in [0.25, 0.3) is 32.2 Å². The second kappa shape index (κ2) is 20.5. The summed E-state index contributed by atoms with van der Waals surface area (Å²) in [5.74, 6) is -2.00. The lowest BCUT2D eigenvalue weighted by Crippen LogP contribution is -2.39. The third kappa shape index (κ3) is 9.94. The van der Waals surface area contributed by atoms with Crippen molar-refractivity contribution >= 4 is 78.7 Å². The largest absolute Gasteiger partial charge is 0.493 e. The summed E-state index contributed by atoms with van der Waals surface area (Å²) in [6.07, 6.45) is 4.71. The van der Waals surface area contributed by atoms with Gasteiger partial charge >= 0.3 is 5.97 Å². The highest BCUT2D eigenvalue weighted by atomic mass is 32.1. The van der Waals surface area contributed by atoms with E-state index in [0.29, 0.717) is 83.4 Å². The van der Waals surface area contributed by atoms with Crippen molar-refractivity contribution in [1.82, 2.24) is 30.0 Å². The van der Waals surface area contributed by atoms with Crippen LogP contribution in [0.2, 0.25) is 0 Å². The number of pyridine rings is 1. The molecule has 4 aromatic carbocycles. The molecular formula is C53H52FN9O8S. The third-order valence-electron chi connectivity index (χ3n) is 13.8. The summed E-state index contributed by atoms with van der Waals surface area (Å²) in [5.41, 5.74) is 4.79. The zero-order chi connectivity index (χ0) is 50.0. The minimum Gasteiger partial charge on any atom is -0.493 e. The molecule has 370 valence electrons. The van der Waals surface area contributed by atoms with Gasteiger partial charge in [0.05, 0.1) is 47.8 Å². The van der Waals surface area contributed by atoms with E-state index in [2.05, 4.69) is 35.9 Å². The van der Waals surface area contributed by atoms with Gasteiger partial charge < -0.3 is 24.8 Å². The number of benzene rings is 4. The second-order valence-corrected chi connectivity index (χ2v) is 19.4. The minimum absolute atomic E-state index is 0.0891. The molecule has 72 heavy (non-hydrogen) atoms. The molecule has 3 aromatic heterocycles. The third-order valence-corrected chi connectivity index (χ3v) is 14.8. The van der Waals surface area contributed by atoms with Gasteiger partial charge in [0.25, 0.3) is 5.91 Å². The molecule has 10 rings (SSSR count). The molecule has 0 saturated carbocycles. The van der Waals surface area contributed by atoms with Gasteiger partial charge in [0.1, 0.15) is 22.9 Å². The molecule has 3 aliphatic rings. The number of hydrogen-bond donors (Lipinski definition) is 4. The first-order chi connectivity index (χ1) is 34.9. The fraction of sp³-hybridized carbons (Fsp3) is 0.321. The number of likely N-dealkylation sites (tertiary alicyclic amines) is 1. The molecule has 2 saturated heterocycles. The molecule has 0 radical (unpaired) electrons. The Hall–Kier alpha value is -7.77. The number of aromatic nitrogens is 4. The van der Waals surface area contributed by atoms with Crippen LogP contribution < -0.4 is 30.3 Å². The number of hydrogen-bond acceptors (Lipinski definition) is 13. The number of nitrogens with zero attached hydrogens (tertiary/aromatic N) is 6. The highest BCUT2D eigenvalue weighted by Crippen LogP contribution is 2.39. The van der Waals surface area contributed by atoms with Gasteiger partial charge in [-0.25, -0.2) is 19.2 Å². The highest BCUT2D eigenvalue weighted by Gasteiger charge is 2.33. The van der Waals surface area contributed by atoms with Crippen LogP contribution in [-0.4, -0.2) is 99.2 Å². The molecule has 0 bridgehead atoms. The first-order valence-electron chi connectivity index (χ1n) is 24.0. The highest BCUT2D eigenvalue weighted by molar-refractivity contribution is 7.22. The normalized spacial score (nSPS) is 16.4. The van der Waals surface area contributed by atoms with E-state index in [1.807, 2.05) is 47.4 Å². The van der Waals surface area contributed by atoms with Crippen molar-refractivity contribution in [3.63, 3.8) is 0 Å². The maximum Gasteiger partial charge on any atom is 0.355 e. The van der Waals surface area contributed by atoms with Gasteiger partial charge in [-0.3, -0.25) is 39.4 Å². The van der Waals surface area contributed by atoms with E-state index < -0.39 is 17.7 Å². The molecule has 1 atom stereocenters. The van der Waals surface area contributed by atoms with Crippen molar-refractivity contribution in [2.24, 2.45) is 13.0 Å². The van der Waals surface area contributed by atoms with E-state index in [-0.39, 0.29) is 53.4 Å². The summed E-state index contributed by atoms with van der Waals surface area (Å²) >= 11 is 1.40. The number of halogens is 1. The van der Waals surface area contributed by atoms with Gasteiger partial charge in [-0.2, -0.15) is 5.10 Å². The summed E-state index contributed by atoms with van der Waals surface area (Å²) in [6, 6.07) is 24.5. The van der Waals surface area contributed by atoms with Crippen LogP contribution in [-0.2, 0) is 34.4 Å². The number of amides is 4.